The zero-order valence-corrected chi connectivity index (χ0v) is 8.42. The molecular formula is C11H21N. The second-order valence-electron chi connectivity index (χ2n) is 4.77. The Bertz CT molecular complexity index is 141. The minimum Gasteiger partial charge on any atom is -0.306 e. The van der Waals surface area contributed by atoms with Crippen molar-refractivity contribution in [1.82, 2.24) is 4.90 Å². The molecule has 2 aliphatic rings. The van der Waals surface area contributed by atoms with E-state index in [1.54, 1.807) is 0 Å². The smallest absolute Gasteiger partial charge is 0.000949 e. The molecule has 1 saturated heterocycles. The molecule has 1 heterocycles. The highest BCUT2D eigenvalue weighted by Crippen LogP contribution is 2.43. The van der Waals surface area contributed by atoms with E-state index in [1.165, 1.54) is 38.8 Å². The van der Waals surface area contributed by atoms with Gasteiger partial charge in [0.05, 0.1) is 0 Å². The van der Waals surface area contributed by atoms with E-state index in [0.29, 0.717) is 0 Å². The quantitative estimate of drug-likeness (QED) is 0.610. The van der Waals surface area contributed by atoms with E-state index < -0.39 is 0 Å². The summed E-state index contributed by atoms with van der Waals surface area (Å²) in [7, 11) is 2.29. The molecule has 1 aliphatic heterocycles. The Morgan fingerprint density at radius 2 is 1.75 bits per heavy atom. The highest BCUT2D eigenvalue weighted by Gasteiger charge is 2.39. The van der Waals surface area contributed by atoms with Gasteiger partial charge in [-0.1, -0.05) is 19.8 Å². The highest BCUT2D eigenvalue weighted by molar-refractivity contribution is 4.91. The Morgan fingerprint density at radius 1 is 1.17 bits per heavy atom. The second kappa shape index (κ2) is 3.37. The average Bonchev–Trinajstić information content (AvgIpc) is 2.32. The molecule has 0 aromatic rings. The van der Waals surface area contributed by atoms with Crippen molar-refractivity contribution in [1.29, 1.82) is 0 Å². The van der Waals surface area contributed by atoms with Gasteiger partial charge in [0.15, 0.2) is 0 Å². The summed E-state index contributed by atoms with van der Waals surface area (Å²) in [5, 5.41) is 0. The third kappa shape index (κ3) is 1.39. The number of fused-ring (bicyclic) bond motifs is 2. The van der Waals surface area contributed by atoms with Crippen molar-refractivity contribution in [3.63, 3.8) is 0 Å². The van der Waals surface area contributed by atoms with E-state index in [9.17, 15) is 0 Å². The van der Waals surface area contributed by atoms with E-state index in [0.717, 1.165) is 17.8 Å². The molecule has 1 saturated carbocycles. The van der Waals surface area contributed by atoms with E-state index in [2.05, 4.69) is 18.9 Å². The summed E-state index contributed by atoms with van der Waals surface area (Å²) >= 11 is 0. The maximum absolute atomic E-state index is 2.54. The van der Waals surface area contributed by atoms with Gasteiger partial charge >= 0.3 is 0 Å². The van der Waals surface area contributed by atoms with Crippen LogP contribution in [-0.4, -0.2) is 25.0 Å². The zero-order chi connectivity index (χ0) is 8.55. The van der Waals surface area contributed by atoms with Gasteiger partial charge in [-0.3, -0.25) is 0 Å². The number of hydrogen-bond donors (Lipinski definition) is 0. The van der Waals surface area contributed by atoms with Crippen LogP contribution in [0, 0.1) is 17.8 Å². The fourth-order valence-corrected chi connectivity index (χ4v) is 3.37. The lowest BCUT2D eigenvalue weighted by atomic mass is 9.82. The molecule has 0 amide bonds. The zero-order valence-electron chi connectivity index (χ0n) is 8.42. The van der Waals surface area contributed by atoms with Gasteiger partial charge in [-0.25, -0.2) is 0 Å². The largest absolute Gasteiger partial charge is 0.306 e. The van der Waals surface area contributed by atoms with Crippen LogP contribution in [0.2, 0.25) is 0 Å². The first-order valence-corrected chi connectivity index (χ1v) is 5.49. The van der Waals surface area contributed by atoms with Crippen LogP contribution in [0.25, 0.3) is 0 Å². The Balaban J connectivity index is 1.99. The lowest BCUT2D eigenvalue weighted by molar-refractivity contribution is 0.126. The van der Waals surface area contributed by atoms with Crippen LogP contribution >= 0.6 is 0 Å². The van der Waals surface area contributed by atoms with E-state index in [4.69, 9.17) is 0 Å². The molecule has 12 heavy (non-hydrogen) atoms. The third-order valence-electron chi connectivity index (χ3n) is 3.83. The summed E-state index contributed by atoms with van der Waals surface area (Å²) in [5.41, 5.74) is 0. The molecule has 1 heteroatoms. The molecular weight excluding hydrogens is 146 g/mol. The van der Waals surface area contributed by atoms with Gasteiger partial charge in [-0.2, -0.15) is 0 Å². The predicted octanol–water partition coefficient (Wildman–Crippen LogP) is 2.37. The number of likely N-dealkylation sites (tertiary alicyclic amines) is 1. The van der Waals surface area contributed by atoms with Crippen molar-refractivity contribution in [2.24, 2.45) is 17.8 Å². The summed E-state index contributed by atoms with van der Waals surface area (Å²) < 4.78 is 0. The normalized spacial score (nSPS) is 42.0. The van der Waals surface area contributed by atoms with Gasteiger partial charge < -0.3 is 4.90 Å². The van der Waals surface area contributed by atoms with Crippen molar-refractivity contribution in [2.75, 3.05) is 20.1 Å². The van der Waals surface area contributed by atoms with Gasteiger partial charge in [-0.15, -0.1) is 0 Å². The van der Waals surface area contributed by atoms with Gasteiger partial charge in [0.1, 0.15) is 0 Å². The molecule has 70 valence electrons. The van der Waals surface area contributed by atoms with Crippen molar-refractivity contribution < 1.29 is 0 Å². The van der Waals surface area contributed by atoms with Crippen LogP contribution in [-0.2, 0) is 0 Å². The van der Waals surface area contributed by atoms with Crippen molar-refractivity contribution >= 4 is 0 Å². The van der Waals surface area contributed by atoms with Crippen molar-refractivity contribution in [3.05, 3.63) is 0 Å². The van der Waals surface area contributed by atoms with Crippen LogP contribution in [0.15, 0.2) is 0 Å². The molecule has 2 fully saturated rings. The molecule has 0 radical (unpaired) electrons. The maximum atomic E-state index is 2.54. The summed E-state index contributed by atoms with van der Waals surface area (Å²) in [6, 6.07) is 0. The number of piperidine rings is 1. The lowest BCUT2D eigenvalue weighted by Gasteiger charge is -2.35. The first kappa shape index (κ1) is 8.55. The van der Waals surface area contributed by atoms with Gasteiger partial charge in [0.2, 0.25) is 0 Å². The molecule has 2 unspecified atom stereocenters. The number of nitrogens with zero attached hydrogens (tertiary/aromatic N) is 1. The lowest BCUT2D eigenvalue weighted by Crippen LogP contribution is -2.39. The molecule has 1 aliphatic carbocycles. The van der Waals surface area contributed by atoms with Crippen molar-refractivity contribution in [3.8, 4) is 0 Å². The maximum Gasteiger partial charge on any atom is 0.000949 e. The molecule has 0 spiro atoms. The Kier molecular flexibility index (Phi) is 2.40. The molecule has 0 aromatic carbocycles. The van der Waals surface area contributed by atoms with Crippen LogP contribution in [0.1, 0.15) is 32.6 Å². The summed E-state index contributed by atoms with van der Waals surface area (Å²) in [6.07, 6.45) is 5.91. The second-order valence-corrected chi connectivity index (χ2v) is 4.77. The molecule has 1 nitrogen and oxygen atoms in total. The summed E-state index contributed by atoms with van der Waals surface area (Å²) in [4.78, 5) is 2.54. The number of rotatable bonds is 2. The van der Waals surface area contributed by atoms with Crippen LogP contribution in [0.3, 0.4) is 0 Å². The fourth-order valence-electron chi connectivity index (χ4n) is 3.37. The highest BCUT2D eigenvalue weighted by atomic mass is 15.1. The molecule has 0 aromatic heterocycles. The molecule has 2 rings (SSSR count). The molecule has 0 N–H and O–H groups in total. The Labute approximate surface area is 76.1 Å². The summed E-state index contributed by atoms with van der Waals surface area (Å²) in [6.45, 7) is 5.08. The number of hydrogen-bond acceptors (Lipinski definition) is 1. The van der Waals surface area contributed by atoms with E-state index >= 15 is 0 Å². The third-order valence-corrected chi connectivity index (χ3v) is 3.83. The average molecular weight is 167 g/mol. The van der Waals surface area contributed by atoms with Crippen molar-refractivity contribution in [2.45, 2.75) is 32.6 Å². The van der Waals surface area contributed by atoms with E-state index in [1.807, 2.05) is 0 Å². The topological polar surface area (TPSA) is 3.24 Å². The minimum absolute atomic E-state index is 1.05. The molecule has 2 bridgehead atoms. The molecule has 3 atom stereocenters. The standard InChI is InChI=1S/C11H21N/c1-3-4-11-9-5-6-10(11)8-12(2)7-9/h9-11H,3-8H2,1-2H3/t9-,10?,11?/m1/s1. The first-order chi connectivity index (χ1) is 5.81. The van der Waals surface area contributed by atoms with Crippen LogP contribution in [0.4, 0.5) is 0 Å². The predicted molar refractivity (Wildman–Crippen MR) is 52.1 cm³/mol. The SMILES string of the molecule is CCCC1C2CC[C@@H]1CN(C)C2. The van der Waals surface area contributed by atoms with E-state index in [-0.39, 0.29) is 0 Å². The monoisotopic (exact) mass is 167 g/mol. The summed E-state index contributed by atoms with van der Waals surface area (Å²) in [5.74, 6) is 3.19. The van der Waals surface area contributed by atoms with Crippen LogP contribution in [0.5, 0.6) is 0 Å². The van der Waals surface area contributed by atoms with Gasteiger partial charge in [-0.05, 0) is 37.6 Å². The Hall–Kier alpha value is -0.0400. The van der Waals surface area contributed by atoms with Gasteiger partial charge in [0, 0.05) is 13.1 Å². The van der Waals surface area contributed by atoms with Gasteiger partial charge in [0.25, 0.3) is 0 Å². The fraction of sp³-hybridized carbons (Fsp3) is 1.00. The van der Waals surface area contributed by atoms with Crippen LogP contribution < -0.4 is 0 Å². The minimum atomic E-state index is 1.05. The first-order valence-electron chi connectivity index (χ1n) is 5.49. The Morgan fingerprint density at radius 3 is 2.25 bits per heavy atom.